The monoisotopic (exact) mass is 377 g/mol. The molecule has 0 aliphatic rings. The van der Waals surface area contributed by atoms with Crippen molar-refractivity contribution in [1.82, 2.24) is 10.9 Å². The lowest BCUT2D eigenvalue weighted by molar-refractivity contribution is 0.0942. The molecule has 0 saturated carbocycles. The molecule has 0 unspecified atom stereocenters. The van der Waals surface area contributed by atoms with Gasteiger partial charge in [-0.1, -0.05) is 35.8 Å². The predicted molar refractivity (Wildman–Crippen MR) is 106 cm³/mol. The van der Waals surface area contributed by atoms with Gasteiger partial charge in [0, 0.05) is 29.9 Å². The van der Waals surface area contributed by atoms with Crippen molar-refractivity contribution in [3.8, 4) is 0 Å². The van der Waals surface area contributed by atoms with E-state index in [4.69, 9.17) is 23.2 Å². The third-order valence-corrected chi connectivity index (χ3v) is 4.59. The number of hydrazine groups is 1. The van der Waals surface area contributed by atoms with E-state index in [9.17, 15) is 4.79 Å². The number of hydrogen-bond acceptors (Lipinski definition) is 3. The molecule has 2 aromatic carbocycles. The highest BCUT2D eigenvalue weighted by atomic mass is 35.5. The highest BCUT2D eigenvalue weighted by molar-refractivity contribution is 6.42. The Morgan fingerprint density at radius 2 is 1.56 bits per heavy atom. The van der Waals surface area contributed by atoms with Crippen LogP contribution in [0.1, 0.15) is 29.8 Å². The topological polar surface area (TPSA) is 44.4 Å². The van der Waals surface area contributed by atoms with Gasteiger partial charge in [-0.3, -0.25) is 15.6 Å². The van der Waals surface area contributed by atoms with Crippen LogP contribution in [0.3, 0.4) is 0 Å². The zero-order chi connectivity index (χ0) is 18.4. The Bertz CT molecular complexity index is 756. The van der Waals surface area contributed by atoms with E-state index in [1.165, 1.54) is 0 Å². The molecule has 0 heterocycles. The molecule has 0 aliphatic carbocycles. The predicted octanol–water partition coefficient (Wildman–Crippen LogP) is 4.74. The van der Waals surface area contributed by atoms with E-state index in [0.717, 1.165) is 24.3 Å². The summed E-state index contributed by atoms with van der Waals surface area (Å²) in [5.41, 5.74) is 8.34. The van der Waals surface area contributed by atoms with Crippen LogP contribution in [0.25, 0.3) is 5.70 Å². The Morgan fingerprint density at radius 3 is 2.12 bits per heavy atom. The van der Waals surface area contributed by atoms with Gasteiger partial charge in [-0.25, -0.2) is 0 Å². The summed E-state index contributed by atoms with van der Waals surface area (Å²) in [6.07, 6.45) is 0. The molecule has 1 amide bonds. The Kier molecular flexibility index (Phi) is 6.73. The third-order valence-electron chi connectivity index (χ3n) is 3.85. The summed E-state index contributed by atoms with van der Waals surface area (Å²) in [6, 6.07) is 12.6. The molecule has 0 fully saturated rings. The average molecular weight is 378 g/mol. The van der Waals surface area contributed by atoms with Crippen molar-refractivity contribution in [3.63, 3.8) is 0 Å². The Hall–Kier alpha value is -2.17. The summed E-state index contributed by atoms with van der Waals surface area (Å²) < 4.78 is 0. The van der Waals surface area contributed by atoms with Crippen LogP contribution in [0.4, 0.5) is 5.69 Å². The summed E-state index contributed by atoms with van der Waals surface area (Å²) in [6.45, 7) is 9.93. The van der Waals surface area contributed by atoms with Gasteiger partial charge in [-0.2, -0.15) is 0 Å². The first-order valence-corrected chi connectivity index (χ1v) is 8.77. The minimum absolute atomic E-state index is 0.243. The van der Waals surface area contributed by atoms with Crippen molar-refractivity contribution in [2.24, 2.45) is 0 Å². The molecule has 25 heavy (non-hydrogen) atoms. The van der Waals surface area contributed by atoms with Gasteiger partial charge in [-0.05, 0) is 50.2 Å². The summed E-state index contributed by atoms with van der Waals surface area (Å²) in [5.74, 6) is -0.243. The highest BCUT2D eigenvalue weighted by Gasteiger charge is 2.08. The van der Waals surface area contributed by atoms with Gasteiger partial charge in [0.15, 0.2) is 0 Å². The molecule has 4 nitrogen and oxygen atoms in total. The number of carbonyl (C=O) groups excluding carboxylic acids is 1. The second kappa shape index (κ2) is 8.79. The van der Waals surface area contributed by atoms with E-state index in [-0.39, 0.29) is 5.91 Å². The summed E-state index contributed by atoms with van der Waals surface area (Å²) in [7, 11) is 0. The van der Waals surface area contributed by atoms with E-state index in [2.05, 4.69) is 36.2 Å². The van der Waals surface area contributed by atoms with Crippen LogP contribution in [0.2, 0.25) is 10.0 Å². The van der Waals surface area contributed by atoms with Gasteiger partial charge in [0.2, 0.25) is 0 Å². The van der Waals surface area contributed by atoms with Crippen LogP contribution in [0.5, 0.6) is 0 Å². The van der Waals surface area contributed by atoms with Crippen molar-refractivity contribution in [2.75, 3.05) is 18.0 Å². The molecule has 132 valence electrons. The summed E-state index contributed by atoms with van der Waals surface area (Å²) in [4.78, 5) is 14.5. The van der Waals surface area contributed by atoms with Gasteiger partial charge < -0.3 is 4.90 Å². The molecule has 0 aromatic heterocycles. The molecule has 2 rings (SSSR count). The molecule has 0 bridgehead atoms. The van der Waals surface area contributed by atoms with E-state index in [1.54, 1.807) is 30.3 Å². The van der Waals surface area contributed by atoms with E-state index >= 15 is 0 Å². The van der Waals surface area contributed by atoms with Crippen molar-refractivity contribution in [2.45, 2.75) is 13.8 Å². The fraction of sp³-hybridized carbons (Fsp3) is 0.211. The normalized spacial score (nSPS) is 10.2. The molecule has 6 heteroatoms. The standard InChI is InChI=1S/C19H21Cl2N3O/c1-4-24(5-2)16-9-6-14(7-10-16)19(25)23-22-13(3)15-8-11-17(20)18(21)12-15/h6-12,22H,3-5H2,1-2H3,(H,23,25). The zero-order valence-corrected chi connectivity index (χ0v) is 15.8. The summed E-state index contributed by atoms with van der Waals surface area (Å²) >= 11 is 11.9. The molecule has 2 aromatic rings. The van der Waals surface area contributed by atoms with Gasteiger partial charge in [0.25, 0.3) is 5.91 Å². The average Bonchev–Trinajstić information content (AvgIpc) is 2.63. The second-order valence-electron chi connectivity index (χ2n) is 5.41. The van der Waals surface area contributed by atoms with Gasteiger partial charge in [0.05, 0.1) is 15.7 Å². The largest absolute Gasteiger partial charge is 0.372 e. The van der Waals surface area contributed by atoms with E-state index in [0.29, 0.717) is 21.3 Å². The Morgan fingerprint density at radius 1 is 0.960 bits per heavy atom. The molecule has 0 atom stereocenters. The SMILES string of the molecule is C=C(NNC(=O)c1ccc(N(CC)CC)cc1)c1ccc(Cl)c(Cl)c1. The number of carbonyl (C=O) groups is 1. The van der Waals surface area contributed by atoms with E-state index < -0.39 is 0 Å². The number of rotatable bonds is 7. The smallest absolute Gasteiger partial charge is 0.269 e. The van der Waals surface area contributed by atoms with Crippen LogP contribution in [0, 0.1) is 0 Å². The minimum atomic E-state index is -0.243. The van der Waals surface area contributed by atoms with Crippen molar-refractivity contribution >= 4 is 40.5 Å². The maximum atomic E-state index is 12.2. The highest BCUT2D eigenvalue weighted by Crippen LogP contribution is 2.24. The number of anilines is 1. The second-order valence-corrected chi connectivity index (χ2v) is 6.22. The number of benzene rings is 2. The minimum Gasteiger partial charge on any atom is -0.372 e. The number of hydrogen-bond donors (Lipinski definition) is 2. The number of nitrogens with zero attached hydrogens (tertiary/aromatic N) is 1. The number of nitrogens with one attached hydrogen (secondary N) is 2. The van der Waals surface area contributed by atoms with Crippen LogP contribution < -0.4 is 15.8 Å². The lowest BCUT2D eigenvalue weighted by atomic mass is 10.2. The first kappa shape index (κ1) is 19.2. The van der Waals surface area contributed by atoms with Crippen LogP contribution >= 0.6 is 23.2 Å². The maximum Gasteiger partial charge on any atom is 0.269 e. The van der Waals surface area contributed by atoms with Gasteiger partial charge in [0.1, 0.15) is 0 Å². The third kappa shape index (κ3) is 4.91. The molecule has 2 N–H and O–H groups in total. The quantitative estimate of drug-likeness (QED) is 0.684. The molecule has 0 radical (unpaired) electrons. The summed E-state index contributed by atoms with van der Waals surface area (Å²) in [5, 5.41) is 0.899. The molecular weight excluding hydrogens is 357 g/mol. The van der Waals surface area contributed by atoms with Crippen molar-refractivity contribution in [3.05, 3.63) is 70.2 Å². The maximum absolute atomic E-state index is 12.2. The molecule has 0 aliphatic heterocycles. The van der Waals surface area contributed by atoms with Gasteiger partial charge >= 0.3 is 0 Å². The molecular formula is C19H21Cl2N3O. The van der Waals surface area contributed by atoms with Crippen molar-refractivity contribution in [1.29, 1.82) is 0 Å². The Labute approximate surface area is 158 Å². The number of halogens is 2. The fourth-order valence-electron chi connectivity index (χ4n) is 2.37. The lowest BCUT2D eigenvalue weighted by Gasteiger charge is -2.21. The zero-order valence-electron chi connectivity index (χ0n) is 14.3. The van der Waals surface area contributed by atoms with Crippen LogP contribution in [-0.4, -0.2) is 19.0 Å². The first-order chi connectivity index (χ1) is 12.0. The Balaban J connectivity index is 1.97. The number of amides is 1. The lowest BCUT2D eigenvalue weighted by Crippen LogP contribution is -2.35. The fourth-order valence-corrected chi connectivity index (χ4v) is 2.67. The van der Waals surface area contributed by atoms with Crippen LogP contribution in [-0.2, 0) is 0 Å². The molecule has 0 spiro atoms. The first-order valence-electron chi connectivity index (χ1n) is 8.02. The van der Waals surface area contributed by atoms with Gasteiger partial charge in [-0.15, -0.1) is 0 Å². The van der Waals surface area contributed by atoms with Crippen LogP contribution in [0.15, 0.2) is 49.0 Å². The van der Waals surface area contributed by atoms with E-state index in [1.807, 2.05) is 12.1 Å². The van der Waals surface area contributed by atoms with Crippen molar-refractivity contribution < 1.29 is 4.79 Å². The molecule has 0 saturated heterocycles.